The number of carboxylic acids is 1. The highest BCUT2D eigenvalue weighted by atomic mass is 35.5. The van der Waals surface area contributed by atoms with Crippen molar-refractivity contribution in [3.63, 3.8) is 0 Å². The number of aliphatic carboxylic acids is 1. The monoisotopic (exact) mass is 288 g/mol. The van der Waals surface area contributed by atoms with Gasteiger partial charge in [0.25, 0.3) is 0 Å². The molecule has 2 rings (SSSR count). The topological polar surface area (TPSA) is 54.4 Å². The van der Waals surface area contributed by atoms with Crippen LogP contribution < -0.4 is 0 Å². The molecular formula is C16H13ClO3. The van der Waals surface area contributed by atoms with Gasteiger partial charge in [0.2, 0.25) is 0 Å². The van der Waals surface area contributed by atoms with Crippen molar-refractivity contribution in [1.29, 1.82) is 0 Å². The lowest BCUT2D eigenvalue weighted by Crippen LogP contribution is -2.03. The molecule has 0 heterocycles. The molecule has 0 radical (unpaired) electrons. The van der Waals surface area contributed by atoms with Gasteiger partial charge in [0.15, 0.2) is 0 Å². The highest BCUT2D eigenvalue weighted by Gasteiger charge is 2.10. The fraction of sp³-hybridized carbons (Fsp3) is 0.125. The molecule has 4 heteroatoms. The van der Waals surface area contributed by atoms with Gasteiger partial charge < -0.3 is 9.90 Å². The average molecular weight is 289 g/mol. The number of rotatable bonds is 5. The molecular weight excluding hydrogens is 276 g/mol. The maximum absolute atomic E-state index is 11.0. The third-order valence-electron chi connectivity index (χ3n) is 2.99. The Morgan fingerprint density at radius 2 is 1.85 bits per heavy atom. The quantitative estimate of drug-likeness (QED) is 0.858. The summed E-state index contributed by atoms with van der Waals surface area (Å²) in [6.07, 6.45) is 1.01. The van der Waals surface area contributed by atoms with E-state index in [2.05, 4.69) is 0 Å². The van der Waals surface area contributed by atoms with Crippen molar-refractivity contribution in [3.8, 4) is 11.1 Å². The van der Waals surface area contributed by atoms with Crippen LogP contribution in [0.2, 0.25) is 5.02 Å². The third-order valence-corrected chi connectivity index (χ3v) is 3.24. The molecule has 3 nitrogen and oxygen atoms in total. The summed E-state index contributed by atoms with van der Waals surface area (Å²) in [7, 11) is 0. The standard InChI is InChI=1S/C16H13ClO3/c17-14-4-2-12(3-5-14)15-6-1-11(7-8-18)9-13(15)10-16(19)20/h1-6,8-9H,7,10H2,(H,19,20). The summed E-state index contributed by atoms with van der Waals surface area (Å²) < 4.78 is 0. The SMILES string of the molecule is O=CCc1ccc(-c2ccc(Cl)cc2)c(CC(=O)O)c1. The fourth-order valence-corrected chi connectivity index (χ4v) is 2.22. The zero-order chi connectivity index (χ0) is 14.5. The fourth-order valence-electron chi connectivity index (χ4n) is 2.09. The molecule has 1 N–H and O–H groups in total. The minimum atomic E-state index is -0.900. The largest absolute Gasteiger partial charge is 0.481 e. The van der Waals surface area contributed by atoms with Gasteiger partial charge in [0.1, 0.15) is 6.29 Å². The number of hydrogen-bond donors (Lipinski definition) is 1. The summed E-state index contributed by atoms with van der Waals surface area (Å²) in [5.41, 5.74) is 3.26. The molecule has 0 fully saturated rings. The first-order chi connectivity index (χ1) is 9.60. The van der Waals surface area contributed by atoms with E-state index in [0.29, 0.717) is 10.6 Å². The highest BCUT2D eigenvalue weighted by Crippen LogP contribution is 2.26. The van der Waals surface area contributed by atoms with Crippen LogP contribution in [0.3, 0.4) is 0 Å². The molecule has 0 aliphatic carbocycles. The number of carboxylic acid groups (broad SMARTS) is 1. The van der Waals surface area contributed by atoms with Gasteiger partial charge in [-0.15, -0.1) is 0 Å². The van der Waals surface area contributed by atoms with Crippen LogP contribution in [-0.4, -0.2) is 17.4 Å². The van der Waals surface area contributed by atoms with Crippen LogP contribution in [0.25, 0.3) is 11.1 Å². The van der Waals surface area contributed by atoms with E-state index in [0.717, 1.165) is 23.0 Å². The number of carbonyl (C=O) groups excluding carboxylic acids is 1. The summed E-state index contributed by atoms with van der Waals surface area (Å²) >= 11 is 5.86. The molecule has 102 valence electrons. The van der Waals surface area contributed by atoms with Crippen LogP contribution in [0.5, 0.6) is 0 Å². The molecule has 0 aliphatic rings. The van der Waals surface area contributed by atoms with E-state index in [9.17, 15) is 9.59 Å². The van der Waals surface area contributed by atoms with E-state index in [1.54, 1.807) is 18.2 Å². The number of hydrogen-bond acceptors (Lipinski definition) is 2. The molecule has 0 saturated carbocycles. The van der Waals surface area contributed by atoms with Crippen molar-refractivity contribution in [2.75, 3.05) is 0 Å². The number of benzene rings is 2. The second-order valence-corrected chi connectivity index (χ2v) is 4.88. The second kappa shape index (κ2) is 6.35. The average Bonchev–Trinajstić information content (AvgIpc) is 2.40. The third kappa shape index (κ3) is 3.45. The van der Waals surface area contributed by atoms with E-state index in [1.165, 1.54) is 0 Å². The first-order valence-corrected chi connectivity index (χ1v) is 6.51. The lowest BCUT2D eigenvalue weighted by molar-refractivity contribution is -0.136. The molecule has 0 unspecified atom stereocenters. The van der Waals surface area contributed by atoms with Crippen LogP contribution in [-0.2, 0) is 22.4 Å². The van der Waals surface area contributed by atoms with Crippen LogP contribution in [0, 0.1) is 0 Å². The lowest BCUT2D eigenvalue weighted by atomic mass is 9.95. The summed E-state index contributed by atoms with van der Waals surface area (Å²) in [6, 6.07) is 12.7. The van der Waals surface area contributed by atoms with Crippen molar-refractivity contribution in [2.24, 2.45) is 0 Å². The number of aldehydes is 1. The lowest BCUT2D eigenvalue weighted by Gasteiger charge is -2.10. The number of carbonyl (C=O) groups is 2. The zero-order valence-corrected chi connectivity index (χ0v) is 11.4. The second-order valence-electron chi connectivity index (χ2n) is 4.44. The molecule has 0 aromatic heterocycles. The Balaban J connectivity index is 2.47. The highest BCUT2D eigenvalue weighted by molar-refractivity contribution is 6.30. The molecule has 2 aromatic rings. The van der Waals surface area contributed by atoms with Gasteiger partial charge >= 0.3 is 5.97 Å². The minimum Gasteiger partial charge on any atom is -0.481 e. The van der Waals surface area contributed by atoms with E-state index in [4.69, 9.17) is 16.7 Å². The van der Waals surface area contributed by atoms with E-state index in [1.807, 2.05) is 24.3 Å². The van der Waals surface area contributed by atoms with Crippen LogP contribution in [0.1, 0.15) is 11.1 Å². The van der Waals surface area contributed by atoms with Crippen molar-refractivity contribution in [2.45, 2.75) is 12.8 Å². The Bertz CT molecular complexity index is 633. The Kier molecular flexibility index (Phi) is 4.53. The molecule has 0 aliphatic heterocycles. The molecule has 20 heavy (non-hydrogen) atoms. The molecule has 0 bridgehead atoms. The van der Waals surface area contributed by atoms with Gasteiger partial charge in [-0.3, -0.25) is 4.79 Å². The van der Waals surface area contributed by atoms with E-state index in [-0.39, 0.29) is 12.8 Å². The summed E-state index contributed by atoms with van der Waals surface area (Å²) in [5.74, 6) is -0.900. The van der Waals surface area contributed by atoms with Gasteiger partial charge in [-0.05, 0) is 34.4 Å². The van der Waals surface area contributed by atoms with Gasteiger partial charge in [0, 0.05) is 11.4 Å². The smallest absolute Gasteiger partial charge is 0.307 e. The molecule has 0 atom stereocenters. The van der Waals surface area contributed by atoms with Crippen LogP contribution >= 0.6 is 11.6 Å². The predicted octanol–water partition coefficient (Wildman–Crippen LogP) is 3.38. The van der Waals surface area contributed by atoms with Crippen LogP contribution in [0.15, 0.2) is 42.5 Å². The van der Waals surface area contributed by atoms with Gasteiger partial charge in [0.05, 0.1) is 6.42 Å². The Labute approximate surface area is 121 Å². The number of halogens is 1. The van der Waals surface area contributed by atoms with Crippen LogP contribution in [0.4, 0.5) is 0 Å². The minimum absolute atomic E-state index is 0.0787. The molecule has 2 aromatic carbocycles. The van der Waals surface area contributed by atoms with E-state index < -0.39 is 5.97 Å². The Morgan fingerprint density at radius 3 is 2.45 bits per heavy atom. The van der Waals surface area contributed by atoms with Gasteiger partial charge in [-0.1, -0.05) is 41.9 Å². The van der Waals surface area contributed by atoms with Gasteiger partial charge in [-0.25, -0.2) is 0 Å². The molecule has 0 saturated heterocycles. The van der Waals surface area contributed by atoms with E-state index >= 15 is 0 Å². The van der Waals surface area contributed by atoms with Crippen molar-refractivity contribution in [1.82, 2.24) is 0 Å². The summed E-state index contributed by atoms with van der Waals surface area (Å²) in [5, 5.41) is 9.64. The first-order valence-electron chi connectivity index (χ1n) is 6.13. The normalized spacial score (nSPS) is 10.2. The molecule has 0 spiro atoms. The Hall–Kier alpha value is -2.13. The Morgan fingerprint density at radius 1 is 1.15 bits per heavy atom. The maximum Gasteiger partial charge on any atom is 0.307 e. The van der Waals surface area contributed by atoms with Crippen molar-refractivity contribution < 1.29 is 14.7 Å². The van der Waals surface area contributed by atoms with Crippen molar-refractivity contribution >= 4 is 23.9 Å². The summed E-state index contributed by atoms with van der Waals surface area (Å²) in [4.78, 5) is 21.6. The van der Waals surface area contributed by atoms with Crippen molar-refractivity contribution in [3.05, 3.63) is 58.6 Å². The van der Waals surface area contributed by atoms with Gasteiger partial charge in [-0.2, -0.15) is 0 Å². The first kappa shape index (κ1) is 14.3. The zero-order valence-electron chi connectivity index (χ0n) is 10.7. The predicted molar refractivity (Wildman–Crippen MR) is 78.0 cm³/mol. The maximum atomic E-state index is 11.0. The molecule has 0 amide bonds. The summed E-state index contributed by atoms with van der Waals surface area (Å²) in [6.45, 7) is 0.